The van der Waals surface area contributed by atoms with Crippen molar-refractivity contribution in [1.82, 2.24) is 14.9 Å². The molecule has 0 aliphatic carbocycles. The summed E-state index contributed by atoms with van der Waals surface area (Å²) in [6.45, 7) is 5.33. The second kappa shape index (κ2) is 7.27. The molecule has 0 N–H and O–H groups in total. The number of fused-ring (bicyclic) bond motifs is 1. The van der Waals surface area contributed by atoms with Crippen molar-refractivity contribution in [3.05, 3.63) is 46.2 Å². The van der Waals surface area contributed by atoms with Gasteiger partial charge in [-0.15, -0.1) is 11.3 Å². The van der Waals surface area contributed by atoms with Crippen LogP contribution in [0.2, 0.25) is 0 Å². The Hall–Kier alpha value is -1.34. The van der Waals surface area contributed by atoms with Crippen LogP contribution in [-0.4, -0.2) is 46.3 Å². The van der Waals surface area contributed by atoms with Crippen LogP contribution >= 0.6 is 11.3 Å². The van der Waals surface area contributed by atoms with Crippen molar-refractivity contribution in [3.63, 3.8) is 0 Å². The molecule has 0 amide bonds. The molecule has 0 bridgehead atoms. The van der Waals surface area contributed by atoms with Gasteiger partial charge in [0.1, 0.15) is 11.1 Å². The zero-order valence-corrected chi connectivity index (χ0v) is 14.7. The summed E-state index contributed by atoms with van der Waals surface area (Å²) in [6.07, 6.45) is 6.25. The molecule has 4 heterocycles. The highest BCUT2D eigenvalue weighted by Crippen LogP contribution is 2.32. The van der Waals surface area contributed by atoms with Crippen molar-refractivity contribution in [2.45, 2.75) is 51.2 Å². The van der Waals surface area contributed by atoms with Crippen LogP contribution in [0.15, 0.2) is 29.9 Å². The molecule has 0 saturated carbocycles. The Morgan fingerprint density at radius 3 is 3.04 bits per heavy atom. The second-order valence-corrected chi connectivity index (χ2v) is 7.50. The zero-order chi connectivity index (χ0) is 16.4. The highest BCUT2D eigenvalue weighted by atomic mass is 32.1. The second-order valence-electron chi connectivity index (χ2n) is 6.56. The van der Waals surface area contributed by atoms with Gasteiger partial charge in [-0.3, -0.25) is 9.88 Å². The lowest BCUT2D eigenvalue weighted by molar-refractivity contribution is -0.0819. The van der Waals surface area contributed by atoms with E-state index in [9.17, 15) is 0 Å². The molecular formula is C18H23N3O2S. The monoisotopic (exact) mass is 345 g/mol. The molecule has 128 valence electrons. The minimum atomic E-state index is 0.129. The highest BCUT2D eigenvalue weighted by Gasteiger charge is 2.44. The molecule has 5 nitrogen and oxygen atoms in total. The van der Waals surface area contributed by atoms with Crippen LogP contribution in [0.5, 0.6) is 0 Å². The van der Waals surface area contributed by atoms with Gasteiger partial charge in [-0.05, 0) is 37.5 Å². The Balaban J connectivity index is 1.42. The summed E-state index contributed by atoms with van der Waals surface area (Å²) in [4.78, 5) is 11.2. The maximum Gasteiger partial charge on any atom is 0.107 e. The lowest BCUT2D eigenvalue weighted by Crippen LogP contribution is -2.41. The lowest BCUT2D eigenvalue weighted by atomic mass is 10.0. The normalized spacial score (nSPS) is 27.3. The van der Waals surface area contributed by atoms with Gasteiger partial charge in [-0.2, -0.15) is 0 Å². The van der Waals surface area contributed by atoms with E-state index in [4.69, 9.17) is 9.47 Å². The molecule has 0 spiro atoms. The zero-order valence-electron chi connectivity index (χ0n) is 13.9. The van der Waals surface area contributed by atoms with Crippen LogP contribution < -0.4 is 0 Å². The number of pyridine rings is 1. The number of ether oxygens (including phenoxy) is 2. The molecule has 0 radical (unpaired) electrons. The first-order valence-electron chi connectivity index (χ1n) is 8.57. The minimum absolute atomic E-state index is 0.129. The first-order valence-corrected chi connectivity index (χ1v) is 9.45. The number of aryl methyl sites for hydroxylation is 1. The van der Waals surface area contributed by atoms with Gasteiger partial charge in [0.2, 0.25) is 0 Å². The average Bonchev–Trinajstić information content (AvgIpc) is 3.18. The van der Waals surface area contributed by atoms with Crippen molar-refractivity contribution in [3.8, 4) is 0 Å². The van der Waals surface area contributed by atoms with E-state index >= 15 is 0 Å². The summed E-state index contributed by atoms with van der Waals surface area (Å²) in [5, 5.41) is 3.31. The van der Waals surface area contributed by atoms with E-state index < -0.39 is 0 Å². The third-order valence-electron chi connectivity index (χ3n) is 4.80. The molecular weight excluding hydrogens is 322 g/mol. The van der Waals surface area contributed by atoms with Gasteiger partial charge < -0.3 is 9.47 Å². The number of aromatic nitrogens is 2. The standard InChI is InChI=1S/C18H23N3O2S/c1-13-12-24-17(20-13)10-21-9-16(18-15(21)3-2-8-22-18)23-11-14-4-6-19-7-5-14/h4-7,12,15-16,18H,2-3,8-11H2,1H3/t15-,16+,18+/m0/s1. The van der Waals surface area contributed by atoms with Crippen LogP contribution in [0.4, 0.5) is 0 Å². The van der Waals surface area contributed by atoms with Crippen molar-refractivity contribution in [2.24, 2.45) is 0 Å². The number of nitrogens with zero attached hydrogens (tertiary/aromatic N) is 3. The number of thiazole rings is 1. The first-order chi connectivity index (χ1) is 11.8. The molecule has 4 rings (SSSR count). The van der Waals surface area contributed by atoms with E-state index in [1.807, 2.05) is 24.5 Å². The van der Waals surface area contributed by atoms with E-state index in [0.29, 0.717) is 12.6 Å². The fourth-order valence-corrected chi connectivity index (χ4v) is 4.46. The van der Waals surface area contributed by atoms with E-state index in [1.165, 1.54) is 11.4 Å². The predicted molar refractivity (Wildman–Crippen MR) is 92.8 cm³/mol. The molecule has 2 aromatic heterocycles. The van der Waals surface area contributed by atoms with E-state index in [2.05, 4.69) is 27.2 Å². The van der Waals surface area contributed by atoms with E-state index in [-0.39, 0.29) is 12.2 Å². The van der Waals surface area contributed by atoms with Crippen LogP contribution in [0, 0.1) is 6.92 Å². The third kappa shape index (κ3) is 3.52. The lowest BCUT2D eigenvalue weighted by Gasteiger charge is -2.32. The molecule has 0 aromatic carbocycles. The minimum Gasteiger partial charge on any atom is -0.374 e. The molecule has 3 atom stereocenters. The summed E-state index contributed by atoms with van der Waals surface area (Å²) in [5.74, 6) is 0. The number of hydrogen-bond acceptors (Lipinski definition) is 6. The molecule has 2 saturated heterocycles. The van der Waals surface area contributed by atoms with Crippen LogP contribution in [0.1, 0.15) is 29.1 Å². The van der Waals surface area contributed by atoms with E-state index in [0.717, 1.165) is 37.4 Å². The van der Waals surface area contributed by atoms with Crippen LogP contribution in [0.25, 0.3) is 0 Å². The van der Waals surface area contributed by atoms with E-state index in [1.54, 1.807) is 11.3 Å². The van der Waals surface area contributed by atoms with Gasteiger partial charge >= 0.3 is 0 Å². The Morgan fingerprint density at radius 1 is 1.38 bits per heavy atom. The highest BCUT2D eigenvalue weighted by molar-refractivity contribution is 7.09. The average molecular weight is 345 g/mol. The Labute approximate surface area is 146 Å². The quantitative estimate of drug-likeness (QED) is 0.834. The predicted octanol–water partition coefficient (Wildman–Crippen LogP) is 2.80. The van der Waals surface area contributed by atoms with Crippen molar-refractivity contribution < 1.29 is 9.47 Å². The Morgan fingerprint density at radius 2 is 2.25 bits per heavy atom. The first kappa shape index (κ1) is 16.1. The van der Waals surface area contributed by atoms with Gasteiger partial charge in [0.25, 0.3) is 0 Å². The smallest absolute Gasteiger partial charge is 0.107 e. The fourth-order valence-electron chi connectivity index (χ4n) is 3.66. The molecule has 24 heavy (non-hydrogen) atoms. The van der Waals surface area contributed by atoms with Gasteiger partial charge in [-0.1, -0.05) is 0 Å². The number of hydrogen-bond donors (Lipinski definition) is 0. The van der Waals surface area contributed by atoms with Crippen molar-refractivity contribution >= 4 is 11.3 Å². The summed E-state index contributed by atoms with van der Waals surface area (Å²) >= 11 is 1.75. The Bertz CT molecular complexity index is 663. The molecule has 2 fully saturated rings. The van der Waals surface area contributed by atoms with Crippen LogP contribution in [0.3, 0.4) is 0 Å². The topological polar surface area (TPSA) is 47.5 Å². The summed E-state index contributed by atoms with van der Waals surface area (Å²) in [5.41, 5.74) is 2.27. The fraction of sp³-hybridized carbons (Fsp3) is 0.556. The van der Waals surface area contributed by atoms with Crippen LogP contribution in [-0.2, 0) is 22.6 Å². The molecule has 2 aromatic rings. The maximum atomic E-state index is 6.22. The molecule has 0 unspecified atom stereocenters. The van der Waals surface area contributed by atoms with Gasteiger partial charge in [0.15, 0.2) is 0 Å². The summed E-state index contributed by atoms with van der Waals surface area (Å²) in [7, 11) is 0. The summed E-state index contributed by atoms with van der Waals surface area (Å²) in [6, 6.07) is 4.46. The third-order valence-corrected chi connectivity index (χ3v) is 5.75. The largest absolute Gasteiger partial charge is 0.374 e. The van der Waals surface area contributed by atoms with Crippen molar-refractivity contribution in [2.75, 3.05) is 13.2 Å². The molecule has 6 heteroatoms. The van der Waals surface area contributed by atoms with Gasteiger partial charge in [0, 0.05) is 42.7 Å². The molecule has 2 aliphatic heterocycles. The number of likely N-dealkylation sites (tertiary alicyclic amines) is 1. The Kier molecular flexibility index (Phi) is 4.89. The van der Waals surface area contributed by atoms with Crippen molar-refractivity contribution in [1.29, 1.82) is 0 Å². The van der Waals surface area contributed by atoms with Gasteiger partial charge in [-0.25, -0.2) is 4.98 Å². The van der Waals surface area contributed by atoms with Gasteiger partial charge in [0.05, 0.1) is 19.3 Å². The maximum absolute atomic E-state index is 6.22. The number of rotatable bonds is 5. The SMILES string of the molecule is Cc1csc(CN2C[C@@H](OCc3ccncc3)[C@@H]3OCCC[C@@H]32)n1. The molecule has 2 aliphatic rings. The summed E-state index contributed by atoms with van der Waals surface area (Å²) < 4.78 is 12.3.